The normalized spacial score (nSPS) is 26.5. The second-order valence-corrected chi connectivity index (χ2v) is 8.33. The first kappa shape index (κ1) is 19.2. The van der Waals surface area contributed by atoms with Crippen molar-refractivity contribution in [2.75, 3.05) is 24.5 Å². The van der Waals surface area contributed by atoms with Gasteiger partial charge in [0.15, 0.2) is 5.58 Å². The number of fused-ring (bicyclic) bond motifs is 1. The van der Waals surface area contributed by atoms with E-state index in [1.807, 2.05) is 29.2 Å². The zero-order valence-corrected chi connectivity index (χ0v) is 17.1. The van der Waals surface area contributed by atoms with Crippen LogP contribution < -0.4 is 10.2 Å². The van der Waals surface area contributed by atoms with E-state index < -0.39 is 0 Å². The Morgan fingerprint density at radius 3 is 2.71 bits per heavy atom. The van der Waals surface area contributed by atoms with E-state index in [1.165, 1.54) is 19.3 Å². The molecule has 0 spiro atoms. The molecule has 2 aromatic rings. The van der Waals surface area contributed by atoms with Crippen LogP contribution in [0.5, 0.6) is 0 Å². The molecular formula is C22H32N4O2. The van der Waals surface area contributed by atoms with E-state index in [-0.39, 0.29) is 11.9 Å². The van der Waals surface area contributed by atoms with Gasteiger partial charge in [-0.05, 0) is 58.1 Å². The highest BCUT2D eigenvalue weighted by Crippen LogP contribution is 2.28. The van der Waals surface area contributed by atoms with Gasteiger partial charge >= 0.3 is 0 Å². The van der Waals surface area contributed by atoms with Crippen LogP contribution in [0.3, 0.4) is 0 Å². The quantitative estimate of drug-likeness (QED) is 0.854. The maximum atomic E-state index is 13.0. The molecule has 1 amide bonds. The fourth-order valence-corrected chi connectivity index (χ4v) is 4.76. The third kappa shape index (κ3) is 4.02. The van der Waals surface area contributed by atoms with Gasteiger partial charge in [0.2, 0.25) is 5.91 Å². The smallest absolute Gasteiger partial charge is 0.299 e. The number of aromatic nitrogens is 1. The van der Waals surface area contributed by atoms with Crippen molar-refractivity contribution in [2.45, 2.75) is 70.5 Å². The molecule has 3 heterocycles. The Balaban J connectivity index is 1.39. The molecule has 6 nitrogen and oxygen atoms in total. The van der Waals surface area contributed by atoms with Gasteiger partial charge in [0.05, 0.1) is 0 Å². The fraction of sp³-hybridized carbons (Fsp3) is 0.636. The minimum atomic E-state index is -0.196. The Morgan fingerprint density at radius 2 is 1.93 bits per heavy atom. The fourth-order valence-electron chi connectivity index (χ4n) is 4.76. The van der Waals surface area contributed by atoms with Crippen molar-refractivity contribution in [3.63, 3.8) is 0 Å². The van der Waals surface area contributed by atoms with Crippen molar-refractivity contribution < 1.29 is 9.21 Å². The molecule has 2 fully saturated rings. The third-order valence-electron chi connectivity index (χ3n) is 6.38. The zero-order chi connectivity index (χ0) is 19.5. The van der Waals surface area contributed by atoms with Gasteiger partial charge in [-0.15, -0.1) is 0 Å². The minimum absolute atomic E-state index is 0.0965. The number of piperidine rings is 2. The van der Waals surface area contributed by atoms with Crippen molar-refractivity contribution in [3.8, 4) is 0 Å². The van der Waals surface area contributed by atoms with Gasteiger partial charge in [0.25, 0.3) is 6.01 Å². The SMILES string of the molecule is C[C@@H]1CCC[C@H](C)N1CCNC(=O)[C@@H]1CCCCN1c1nc2ccccc2o1. The van der Waals surface area contributed by atoms with Crippen LogP contribution in [-0.4, -0.2) is 53.6 Å². The van der Waals surface area contributed by atoms with Crippen LogP contribution in [-0.2, 0) is 4.79 Å². The second-order valence-electron chi connectivity index (χ2n) is 8.33. The Labute approximate surface area is 167 Å². The number of oxazole rings is 1. The number of hydrogen-bond donors (Lipinski definition) is 1. The Hall–Kier alpha value is -2.08. The van der Waals surface area contributed by atoms with Crippen molar-refractivity contribution in [3.05, 3.63) is 24.3 Å². The lowest BCUT2D eigenvalue weighted by molar-refractivity contribution is -0.123. The average molecular weight is 385 g/mol. The molecule has 1 aromatic carbocycles. The second kappa shape index (κ2) is 8.52. The maximum absolute atomic E-state index is 13.0. The molecule has 1 N–H and O–H groups in total. The highest BCUT2D eigenvalue weighted by atomic mass is 16.4. The number of nitrogens with one attached hydrogen (secondary N) is 1. The van der Waals surface area contributed by atoms with Crippen molar-refractivity contribution >= 4 is 23.0 Å². The summed E-state index contributed by atoms with van der Waals surface area (Å²) in [5, 5.41) is 3.18. The van der Waals surface area contributed by atoms with E-state index in [9.17, 15) is 4.79 Å². The van der Waals surface area contributed by atoms with Crippen LogP contribution in [0.2, 0.25) is 0 Å². The molecular weight excluding hydrogens is 352 g/mol. The number of carbonyl (C=O) groups is 1. The van der Waals surface area contributed by atoms with Crippen LogP contribution in [0.15, 0.2) is 28.7 Å². The van der Waals surface area contributed by atoms with Crippen molar-refractivity contribution in [1.82, 2.24) is 15.2 Å². The number of anilines is 1. The molecule has 0 saturated carbocycles. The Bertz CT molecular complexity index is 762. The monoisotopic (exact) mass is 384 g/mol. The summed E-state index contributed by atoms with van der Waals surface area (Å²) in [6.07, 6.45) is 6.80. The first-order valence-electron chi connectivity index (χ1n) is 10.8. The van der Waals surface area contributed by atoms with Gasteiger partial charge < -0.3 is 14.6 Å². The Kier molecular flexibility index (Phi) is 5.85. The number of rotatable bonds is 5. The van der Waals surface area contributed by atoms with E-state index >= 15 is 0 Å². The first-order chi connectivity index (χ1) is 13.6. The molecule has 2 saturated heterocycles. The lowest BCUT2D eigenvalue weighted by Gasteiger charge is -2.39. The summed E-state index contributed by atoms with van der Waals surface area (Å²) in [5.74, 6) is 0.0965. The largest absolute Gasteiger partial charge is 0.423 e. The number of likely N-dealkylation sites (tertiary alicyclic amines) is 1. The third-order valence-corrected chi connectivity index (χ3v) is 6.38. The summed E-state index contributed by atoms with van der Waals surface area (Å²) in [6, 6.07) is 9.35. The summed E-state index contributed by atoms with van der Waals surface area (Å²) >= 11 is 0. The average Bonchev–Trinajstić information content (AvgIpc) is 3.14. The minimum Gasteiger partial charge on any atom is -0.423 e. The number of nitrogens with zero attached hydrogens (tertiary/aromatic N) is 3. The maximum Gasteiger partial charge on any atom is 0.299 e. The number of benzene rings is 1. The summed E-state index contributed by atoms with van der Waals surface area (Å²) in [5.41, 5.74) is 1.62. The van der Waals surface area contributed by atoms with Gasteiger partial charge in [-0.25, -0.2) is 0 Å². The summed E-state index contributed by atoms with van der Waals surface area (Å²) in [6.45, 7) is 7.03. The number of para-hydroxylation sites is 2. The lowest BCUT2D eigenvalue weighted by Crippen LogP contribution is -2.52. The van der Waals surface area contributed by atoms with Crippen LogP contribution >= 0.6 is 0 Å². The highest BCUT2D eigenvalue weighted by molar-refractivity contribution is 5.85. The molecule has 6 heteroatoms. The molecule has 4 rings (SSSR count). The van der Waals surface area contributed by atoms with Crippen LogP contribution in [0, 0.1) is 0 Å². The molecule has 0 unspecified atom stereocenters. The molecule has 0 bridgehead atoms. The standard InChI is InChI=1S/C22H32N4O2/c1-16-8-7-9-17(2)25(16)15-13-23-21(27)19-11-5-6-14-26(19)22-24-18-10-3-4-12-20(18)28-22/h3-4,10,12,16-17,19H,5-9,11,13-15H2,1-2H3,(H,23,27)/t16-,17+,19-/m0/s1. The molecule has 2 aliphatic heterocycles. The summed E-state index contributed by atoms with van der Waals surface area (Å²) in [7, 11) is 0. The topological polar surface area (TPSA) is 61.6 Å². The highest BCUT2D eigenvalue weighted by Gasteiger charge is 2.32. The van der Waals surface area contributed by atoms with Gasteiger partial charge in [0.1, 0.15) is 11.6 Å². The number of carbonyl (C=O) groups excluding carboxylic acids is 1. The number of hydrogen-bond acceptors (Lipinski definition) is 5. The van der Waals surface area contributed by atoms with E-state index in [0.717, 1.165) is 43.5 Å². The molecule has 28 heavy (non-hydrogen) atoms. The van der Waals surface area contributed by atoms with Crippen LogP contribution in [0.25, 0.3) is 11.1 Å². The van der Waals surface area contributed by atoms with E-state index in [4.69, 9.17) is 4.42 Å². The summed E-state index contributed by atoms with van der Waals surface area (Å²) in [4.78, 5) is 22.2. The Morgan fingerprint density at radius 1 is 1.14 bits per heavy atom. The van der Waals surface area contributed by atoms with E-state index in [0.29, 0.717) is 24.6 Å². The molecule has 3 atom stereocenters. The summed E-state index contributed by atoms with van der Waals surface area (Å²) < 4.78 is 5.94. The van der Waals surface area contributed by atoms with Crippen molar-refractivity contribution in [2.24, 2.45) is 0 Å². The first-order valence-corrected chi connectivity index (χ1v) is 10.8. The molecule has 2 aliphatic rings. The lowest BCUT2D eigenvalue weighted by atomic mass is 9.97. The van der Waals surface area contributed by atoms with Crippen molar-refractivity contribution in [1.29, 1.82) is 0 Å². The van der Waals surface area contributed by atoms with Crippen LogP contribution in [0.1, 0.15) is 52.4 Å². The predicted molar refractivity (Wildman–Crippen MR) is 111 cm³/mol. The molecule has 1 aromatic heterocycles. The predicted octanol–water partition coefficient (Wildman–Crippen LogP) is 3.57. The van der Waals surface area contributed by atoms with E-state index in [1.54, 1.807) is 0 Å². The molecule has 0 aliphatic carbocycles. The van der Waals surface area contributed by atoms with Gasteiger partial charge in [-0.3, -0.25) is 9.69 Å². The molecule has 0 radical (unpaired) electrons. The van der Waals surface area contributed by atoms with Crippen LogP contribution in [0.4, 0.5) is 6.01 Å². The molecule has 152 valence electrons. The van der Waals surface area contributed by atoms with Gasteiger partial charge in [0, 0.05) is 31.7 Å². The number of amides is 1. The van der Waals surface area contributed by atoms with Gasteiger partial charge in [-0.2, -0.15) is 4.98 Å². The van der Waals surface area contributed by atoms with E-state index in [2.05, 4.69) is 29.0 Å². The zero-order valence-electron chi connectivity index (χ0n) is 17.1. The van der Waals surface area contributed by atoms with Gasteiger partial charge in [-0.1, -0.05) is 18.6 Å².